The third-order valence-electron chi connectivity index (χ3n) is 6.81. The Morgan fingerprint density at radius 2 is 1.49 bits per heavy atom. The fraction of sp³-hybridized carbons (Fsp3) is 0.375. The highest BCUT2D eigenvalue weighted by Crippen LogP contribution is 2.23. The first-order chi connectivity index (χ1) is 19.7. The van der Waals surface area contributed by atoms with Gasteiger partial charge in [-0.1, -0.05) is 74.0 Å². The fourth-order valence-corrected chi connectivity index (χ4v) is 5.56. The molecule has 0 radical (unpaired) electrons. The Hall–Kier alpha value is -3.85. The van der Waals surface area contributed by atoms with Crippen LogP contribution in [0.2, 0.25) is 0 Å². The summed E-state index contributed by atoms with van der Waals surface area (Å²) in [5.74, 6) is 0.224. The van der Waals surface area contributed by atoms with Gasteiger partial charge in [0.2, 0.25) is 21.8 Å². The molecule has 1 N–H and O–H groups in total. The van der Waals surface area contributed by atoms with Gasteiger partial charge in [0.1, 0.15) is 11.8 Å². The minimum absolute atomic E-state index is 0.0859. The van der Waals surface area contributed by atoms with E-state index in [1.54, 1.807) is 36.3 Å². The van der Waals surface area contributed by atoms with E-state index in [-0.39, 0.29) is 31.3 Å². The number of hydrogen-bond donors (Lipinski definition) is 1. The first kappa shape index (κ1) is 31.7. The van der Waals surface area contributed by atoms with Crippen LogP contribution in [0.3, 0.4) is 0 Å². The van der Waals surface area contributed by atoms with Crippen molar-refractivity contribution in [2.24, 2.45) is 0 Å². The predicted molar refractivity (Wildman–Crippen MR) is 163 cm³/mol. The third kappa shape index (κ3) is 9.93. The maximum atomic E-state index is 13.8. The van der Waals surface area contributed by atoms with Crippen LogP contribution in [0.25, 0.3) is 0 Å². The Morgan fingerprint density at radius 1 is 0.878 bits per heavy atom. The van der Waals surface area contributed by atoms with Gasteiger partial charge >= 0.3 is 0 Å². The van der Waals surface area contributed by atoms with Crippen LogP contribution in [0.4, 0.5) is 5.69 Å². The summed E-state index contributed by atoms with van der Waals surface area (Å²) in [5, 5.41) is 3.02. The molecule has 220 valence electrons. The minimum atomic E-state index is -3.58. The van der Waals surface area contributed by atoms with E-state index in [1.165, 1.54) is 4.31 Å². The highest BCUT2D eigenvalue weighted by atomic mass is 32.2. The average Bonchev–Trinajstić information content (AvgIpc) is 2.97. The second kappa shape index (κ2) is 15.8. The number of nitrogens with one attached hydrogen (secondary N) is 1. The number of rotatable bonds is 16. The SMILES string of the molecule is CCCCNC(=O)C(Cc1ccccc1)N(Cc1ccccc1)C(=O)CCCN(c1ccc(OC)cc1)S(C)(=O)=O. The van der Waals surface area contributed by atoms with Gasteiger partial charge in [0.05, 0.1) is 19.1 Å². The Bertz CT molecular complexity index is 1330. The normalized spacial score (nSPS) is 11.9. The van der Waals surface area contributed by atoms with E-state index in [0.717, 1.165) is 30.2 Å². The Balaban J connectivity index is 1.83. The van der Waals surface area contributed by atoms with E-state index in [2.05, 4.69) is 12.2 Å². The molecule has 0 saturated heterocycles. The van der Waals surface area contributed by atoms with Crippen molar-refractivity contribution >= 4 is 27.5 Å². The Labute approximate surface area is 244 Å². The standard InChI is InChI=1S/C32H41N3O5S/c1-4-5-22-33-32(37)30(24-26-13-8-6-9-14-26)34(25-27-15-10-7-11-16-27)31(36)17-12-23-35(41(3,38)39)28-18-20-29(40-2)21-19-28/h6-11,13-16,18-21,30H,4-5,12,17,22-25H2,1-3H3,(H,33,37). The molecule has 0 aliphatic rings. The molecular weight excluding hydrogens is 538 g/mol. The summed E-state index contributed by atoms with van der Waals surface area (Å²) in [6, 6.07) is 25.3. The lowest BCUT2D eigenvalue weighted by Crippen LogP contribution is -2.50. The van der Waals surface area contributed by atoms with E-state index >= 15 is 0 Å². The number of benzene rings is 3. The van der Waals surface area contributed by atoms with Crippen LogP contribution in [-0.2, 0) is 32.6 Å². The molecule has 1 unspecified atom stereocenters. The fourth-order valence-electron chi connectivity index (χ4n) is 4.59. The molecule has 3 aromatic carbocycles. The maximum Gasteiger partial charge on any atom is 0.243 e. The van der Waals surface area contributed by atoms with Crippen LogP contribution in [0.5, 0.6) is 5.75 Å². The van der Waals surface area contributed by atoms with E-state index in [1.807, 2.05) is 60.7 Å². The van der Waals surface area contributed by atoms with Gasteiger partial charge in [-0.05, 0) is 48.2 Å². The van der Waals surface area contributed by atoms with Crippen molar-refractivity contribution in [3.8, 4) is 5.75 Å². The summed E-state index contributed by atoms with van der Waals surface area (Å²) >= 11 is 0. The van der Waals surface area contributed by atoms with Gasteiger partial charge in [-0.3, -0.25) is 13.9 Å². The van der Waals surface area contributed by atoms with Crippen LogP contribution in [0.15, 0.2) is 84.9 Å². The van der Waals surface area contributed by atoms with Gasteiger partial charge in [-0.2, -0.15) is 0 Å². The van der Waals surface area contributed by atoms with Crippen molar-refractivity contribution in [1.29, 1.82) is 0 Å². The number of amides is 2. The van der Waals surface area contributed by atoms with E-state index in [0.29, 0.717) is 30.8 Å². The molecule has 0 bridgehead atoms. The number of methoxy groups -OCH3 is 1. The van der Waals surface area contributed by atoms with Crippen molar-refractivity contribution in [2.75, 3.05) is 30.8 Å². The zero-order valence-electron chi connectivity index (χ0n) is 24.2. The summed E-state index contributed by atoms with van der Waals surface area (Å²) in [7, 11) is -2.04. The van der Waals surface area contributed by atoms with Gasteiger partial charge in [-0.25, -0.2) is 8.42 Å². The van der Waals surface area contributed by atoms with Crippen LogP contribution in [-0.4, -0.2) is 57.6 Å². The third-order valence-corrected chi connectivity index (χ3v) is 8.00. The number of hydrogen-bond acceptors (Lipinski definition) is 5. The van der Waals surface area contributed by atoms with Crippen molar-refractivity contribution in [1.82, 2.24) is 10.2 Å². The van der Waals surface area contributed by atoms with Crippen LogP contribution in [0.1, 0.15) is 43.7 Å². The first-order valence-electron chi connectivity index (χ1n) is 14.0. The largest absolute Gasteiger partial charge is 0.497 e. The van der Waals surface area contributed by atoms with Crippen molar-refractivity contribution in [2.45, 2.75) is 51.6 Å². The van der Waals surface area contributed by atoms with Crippen molar-refractivity contribution < 1.29 is 22.7 Å². The number of unbranched alkanes of at least 4 members (excludes halogenated alkanes) is 1. The van der Waals surface area contributed by atoms with E-state index in [9.17, 15) is 18.0 Å². The second-order valence-corrected chi connectivity index (χ2v) is 11.9. The number of ether oxygens (including phenoxy) is 1. The van der Waals surface area contributed by atoms with Gasteiger partial charge < -0.3 is 15.0 Å². The lowest BCUT2D eigenvalue weighted by molar-refractivity contribution is -0.141. The molecule has 3 rings (SSSR count). The number of nitrogens with zero attached hydrogens (tertiary/aromatic N) is 2. The molecule has 1 atom stereocenters. The Morgan fingerprint density at radius 3 is 2.05 bits per heavy atom. The van der Waals surface area contributed by atoms with Gasteiger partial charge in [0, 0.05) is 32.5 Å². The summed E-state index contributed by atoms with van der Waals surface area (Å²) in [6.45, 7) is 3.00. The van der Waals surface area contributed by atoms with Crippen LogP contribution in [0, 0.1) is 0 Å². The maximum absolute atomic E-state index is 13.8. The average molecular weight is 580 g/mol. The number of carbonyl (C=O) groups excluding carboxylic acids is 2. The summed E-state index contributed by atoms with van der Waals surface area (Å²) in [4.78, 5) is 29.0. The van der Waals surface area contributed by atoms with Gasteiger partial charge in [0.25, 0.3) is 0 Å². The molecule has 2 amide bonds. The first-order valence-corrected chi connectivity index (χ1v) is 15.8. The molecule has 0 aromatic heterocycles. The molecule has 0 aliphatic carbocycles. The summed E-state index contributed by atoms with van der Waals surface area (Å²) in [5.41, 5.74) is 2.37. The van der Waals surface area contributed by atoms with Gasteiger partial charge in [0.15, 0.2) is 0 Å². The summed E-state index contributed by atoms with van der Waals surface area (Å²) in [6.07, 6.45) is 3.70. The van der Waals surface area contributed by atoms with Crippen LogP contribution < -0.4 is 14.4 Å². The monoisotopic (exact) mass is 579 g/mol. The highest BCUT2D eigenvalue weighted by Gasteiger charge is 2.30. The molecule has 0 heterocycles. The van der Waals surface area contributed by atoms with E-state index in [4.69, 9.17) is 4.74 Å². The molecule has 0 fully saturated rings. The molecule has 41 heavy (non-hydrogen) atoms. The zero-order chi connectivity index (χ0) is 29.7. The Kier molecular flexibility index (Phi) is 12.2. The number of anilines is 1. The number of sulfonamides is 1. The molecule has 0 saturated carbocycles. The van der Waals surface area contributed by atoms with E-state index < -0.39 is 16.1 Å². The topological polar surface area (TPSA) is 96.0 Å². The minimum Gasteiger partial charge on any atom is -0.497 e. The molecule has 3 aromatic rings. The smallest absolute Gasteiger partial charge is 0.243 e. The molecular formula is C32H41N3O5S. The zero-order valence-corrected chi connectivity index (χ0v) is 25.0. The molecule has 9 heteroatoms. The summed E-state index contributed by atoms with van der Waals surface area (Å²) < 4.78 is 31.7. The molecule has 8 nitrogen and oxygen atoms in total. The highest BCUT2D eigenvalue weighted by molar-refractivity contribution is 7.92. The predicted octanol–water partition coefficient (Wildman–Crippen LogP) is 4.80. The lowest BCUT2D eigenvalue weighted by atomic mass is 10.0. The van der Waals surface area contributed by atoms with Crippen LogP contribution >= 0.6 is 0 Å². The molecule has 0 aliphatic heterocycles. The van der Waals surface area contributed by atoms with Gasteiger partial charge in [-0.15, -0.1) is 0 Å². The lowest BCUT2D eigenvalue weighted by Gasteiger charge is -2.32. The number of carbonyl (C=O) groups is 2. The second-order valence-electron chi connectivity index (χ2n) is 9.99. The van der Waals surface area contributed by atoms with Crippen molar-refractivity contribution in [3.05, 3.63) is 96.1 Å². The molecule has 0 spiro atoms. The van der Waals surface area contributed by atoms with Crippen molar-refractivity contribution in [3.63, 3.8) is 0 Å². The quantitative estimate of drug-likeness (QED) is 0.246.